The van der Waals surface area contributed by atoms with E-state index in [1.54, 1.807) is 0 Å². The number of nitriles is 1. The molecule has 0 aliphatic rings. The summed E-state index contributed by atoms with van der Waals surface area (Å²) in [4.78, 5) is 10.9. The van der Waals surface area contributed by atoms with E-state index in [2.05, 4.69) is 15.9 Å². The van der Waals surface area contributed by atoms with Crippen LogP contribution in [0.3, 0.4) is 0 Å². The number of carboxylic acid groups (broad SMARTS) is 1. The van der Waals surface area contributed by atoms with Crippen LogP contribution in [0.2, 0.25) is 0 Å². The summed E-state index contributed by atoms with van der Waals surface area (Å²) < 4.78 is 19.0. The highest BCUT2D eigenvalue weighted by Crippen LogP contribution is 2.32. The van der Waals surface area contributed by atoms with Gasteiger partial charge in [0.1, 0.15) is 23.4 Å². The molecule has 0 amide bonds. The third kappa shape index (κ3) is 2.95. The third-order valence-corrected chi connectivity index (χ3v) is 3.12. The first-order valence-electron chi connectivity index (χ1n) is 5.41. The van der Waals surface area contributed by atoms with Crippen molar-refractivity contribution in [2.45, 2.75) is 0 Å². The van der Waals surface area contributed by atoms with E-state index in [1.165, 1.54) is 24.3 Å². The minimum atomic E-state index is -1.10. The maximum Gasteiger partial charge on any atom is 0.335 e. The van der Waals surface area contributed by atoms with Crippen molar-refractivity contribution < 1.29 is 19.0 Å². The lowest BCUT2D eigenvalue weighted by Gasteiger charge is -2.10. The van der Waals surface area contributed by atoms with Gasteiger partial charge in [0.25, 0.3) is 0 Å². The number of carbonyl (C=O) groups is 1. The Morgan fingerprint density at radius 1 is 1.25 bits per heavy atom. The molecule has 0 fully saturated rings. The Bertz CT molecular complexity index is 725. The zero-order chi connectivity index (χ0) is 14.7. The van der Waals surface area contributed by atoms with Crippen LogP contribution in [0, 0.1) is 17.1 Å². The second kappa shape index (κ2) is 5.72. The minimum Gasteiger partial charge on any atom is -0.478 e. The molecule has 2 rings (SSSR count). The van der Waals surface area contributed by atoms with Gasteiger partial charge in [-0.25, -0.2) is 9.18 Å². The van der Waals surface area contributed by atoms with Crippen LogP contribution >= 0.6 is 15.9 Å². The first kappa shape index (κ1) is 14.0. The van der Waals surface area contributed by atoms with Crippen molar-refractivity contribution in [3.63, 3.8) is 0 Å². The molecule has 2 aromatic rings. The molecule has 1 N–H and O–H groups in total. The first-order chi connectivity index (χ1) is 9.51. The highest BCUT2D eigenvalue weighted by Gasteiger charge is 2.11. The molecule has 6 heteroatoms. The number of benzene rings is 2. The zero-order valence-corrected chi connectivity index (χ0v) is 11.5. The van der Waals surface area contributed by atoms with Crippen molar-refractivity contribution >= 4 is 21.9 Å². The van der Waals surface area contributed by atoms with Crippen molar-refractivity contribution in [3.05, 3.63) is 57.8 Å². The van der Waals surface area contributed by atoms with Crippen molar-refractivity contribution in [1.29, 1.82) is 5.26 Å². The molecule has 0 saturated heterocycles. The lowest BCUT2D eigenvalue weighted by molar-refractivity contribution is 0.0696. The van der Waals surface area contributed by atoms with Crippen LogP contribution in [0.1, 0.15) is 15.9 Å². The van der Waals surface area contributed by atoms with Crippen LogP contribution in [0.5, 0.6) is 11.5 Å². The summed E-state index contributed by atoms with van der Waals surface area (Å²) >= 11 is 3.22. The molecule has 2 aromatic carbocycles. The van der Waals surface area contributed by atoms with E-state index in [0.29, 0.717) is 4.47 Å². The van der Waals surface area contributed by atoms with Crippen molar-refractivity contribution in [3.8, 4) is 17.6 Å². The molecule has 100 valence electrons. The fourth-order valence-electron chi connectivity index (χ4n) is 1.51. The summed E-state index contributed by atoms with van der Waals surface area (Å²) in [5.74, 6) is -1.26. The number of hydrogen-bond acceptors (Lipinski definition) is 3. The summed E-state index contributed by atoms with van der Waals surface area (Å²) in [5.41, 5.74) is 0.0708. The molecule has 0 unspecified atom stereocenters. The smallest absolute Gasteiger partial charge is 0.335 e. The molecule has 0 aliphatic carbocycles. The van der Waals surface area contributed by atoms with E-state index in [-0.39, 0.29) is 22.6 Å². The quantitative estimate of drug-likeness (QED) is 0.921. The SMILES string of the molecule is N#Cc1cc(F)ccc1Oc1cc(C(=O)O)ccc1Br. The Hall–Kier alpha value is -2.39. The summed E-state index contributed by atoms with van der Waals surface area (Å²) in [7, 11) is 0. The maximum atomic E-state index is 13.0. The summed E-state index contributed by atoms with van der Waals surface area (Å²) in [6.07, 6.45) is 0. The second-order valence-electron chi connectivity index (χ2n) is 3.80. The van der Waals surface area contributed by atoms with Crippen LogP contribution < -0.4 is 4.74 Å². The monoisotopic (exact) mass is 335 g/mol. The van der Waals surface area contributed by atoms with Crippen LogP contribution in [-0.2, 0) is 0 Å². The molecule has 0 aliphatic heterocycles. The number of hydrogen-bond donors (Lipinski definition) is 1. The number of nitrogens with zero attached hydrogens (tertiary/aromatic N) is 1. The number of aromatic carboxylic acids is 1. The Morgan fingerprint density at radius 2 is 2.00 bits per heavy atom. The maximum absolute atomic E-state index is 13.0. The van der Waals surface area contributed by atoms with Gasteiger partial charge in [-0.1, -0.05) is 0 Å². The van der Waals surface area contributed by atoms with Gasteiger partial charge in [0.2, 0.25) is 0 Å². The van der Waals surface area contributed by atoms with Gasteiger partial charge in [-0.05, 0) is 52.3 Å². The molecule has 0 saturated carbocycles. The van der Waals surface area contributed by atoms with Crippen LogP contribution in [0.4, 0.5) is 4.39 Å². The van der Waals surface area contributed by atoms with Crippen molar-refractivity contribution in [2.75, 3.05) is 0 Å². The Balaban J connectivity index is 2.42. The molecule has 0 heterocycles. The fourth-order valence-corrected chi connectivity index (χ4v) is 1.84. The highest BCUT2D eigenvalue weighted by molar-refractivity contribution is 9.10. The topological polar surface area (TPSA) is 70.3 Å². The van der Waals surface area contributed by atoms with Gasteiger partial charge in [-0.3, -0.25) is 0 Å². The molecule has 0 spiro atoms. The third-order valence-electron chi connectivity index (χ3n) is 2.46. The van der Waals surface area contributed by atoms with Crippen molar-refractivity contribution in [1.82, 2.24) is 0 Å². The van der Waals surface area contributed by atoms with Crippen LogP contribution in [0.25, 0.3) is 0 Å². The molecular weight excluding hydrogens is 329 g/mol. The summed E-state index contributed by atoms with van der Waals surface area (Å²) in [6.45, 7) is 0. The van der Waals surface area contributed by atoms with Gasteiger partial charge in [-0.15, -0.1) is 0 Å². The largest absolute Gasteiger partial charge is 0.478 e. The second-order valence-corrected chi connectivity index (χ2v) is 4.66. The standard InChI is InChI=1S/C14H7BrFNO3/c15-11-3-1-8(14(18)19)6-13(11)20-12-4-2-10(16)5-9(12)7-17/h1-6H,(H,18,19). The Morgan fingerprint density at radius 3 is 2.65 bits per heavy atom. The molecule has 20 heavy (non-hydrogen) atoms. The van der Waals surface area contributed by atoms with Crippen LogP contribution in [0.15, 0.2) is 40.9 Å². The van der Waals surface area contributed by atoms with Gasteiger partial charge in [0, 0.05) is 0 Å². The van der Waals surface area contributed by atoms with Gasteiger partial charge in [0.15, 0.2) is 0 Å². The van der Waals surface area contributed by atoms with E-state index in [0.717, 1.165) is 12.1 Å². The average Bonchev–Trinajstić information content (AvgIpc) is 2.42. The lowest BCUT2D eigenvalue weighted by Crippen LogP contribution is -1.97. The molecule has 0 radical (unpaired) electrons. The van der Waals surface area contributed by atoms with Crippen LogP contribution in [-0.4, -0.2) is 11.1 Å². The number of halogens is 2. The molecule has 0 bridgehead atoms. The highest BCUT2D eigenvalue weighted by atomic mass is 79.9. The van der Waals surface area contributed by atoms with Gasteiger partial charge in [0.05, 0.1) is 15.6 Å². The van der Waals surface area contributed by atoms with Gasteiger partial charge < -0.3 is 9.84 Å². The Labute approximate surface area is 122 Å². The summed E-state index contributed by atoms with van der Waals surface area (Å²) in [6, 6.07) is 9.58. The molecular formula is C14H7BrFNO3. The van der Waals surface area contributed by atoms with E-state index in [9.17, 15) is 9.18 Å². The zero-order valence-electron chi connectivity index (χ0n) is 9.93. The number of ether oxygens (including phenoxy) is 1. The number of carboxylic acids is 1. The molecule has 0 aromatic heterocycles. The normalized spacial score (nSPS) is 9.85. The first-order valence-corrected chi connectivity index (χ1v) is 6.21. The molecule has 0 atom stereocenters. The fraction of sp³-hybridized carbons (Fsp3) is 0. The minimum absolute atomic E-state index is 0.0256. The van der Waals surface area contributed by atoms with Gasteiger partial charge in [-0.2, -0.15) is 5.26 Å². The average molecular weight is 336 g/mol. The summed E-state index contributed by atoms with van der Waals surface area (Å²) in [5, 5.41) is 17.9. The molecule has 4 nitrogen and oxygen atoms in total. The lowest BCUT2D eigenvalue weighted by atomic mass is 10.2. The van der Waals surface area contributed by atoms with Gasteiger partial charge >= 0.3 is 5.97 Å². The predicted molar refractivity (Wildman–Crippen MR) is 72.3 cm³/mol. The predicted octanol–water partition coefficient (Wildman–Crippen LogP) is 3.95. The van der Waals surface area contributed by atoms with Crippen molar-refractivity contribution in [2.24, 2.45) is 0 Å². The van der Waals surface area contributed by atoms with E-state index in [1.807, 2.05) is 6.07 Å². The Kier molecular flexibility index (Phi) is 4.01. The van der Waals surface area contributed by atoms with E-state index >= 15 is 0 Å². The van der Waals surface area contributed by atoms with E-state index < -0.39 is 11.8 Å². The number of rotatable bonds is 3. The van der Waals surface area contributed by atoms with E-state index in [4.69, 9.17) is 15.1 Å².